The number of carbonyl (C=O) groups is 1. The molecular formula is C22H23F4N3O4S. The molecule has 2 aliphatic rings. The molecule has 1 saturated heterocycles. The number of rotatable bonds is 4. The normalized spacial score (nSPS) is 18.0. The molecule has 7 nitrogen and oxygen atoms in total. The van der Waals surface area contributed by atoms with Gasteiger partial charge in [-0.3, -0.25) is 4.79 Å². The van der Waals surface area contributed by atoms with Crippen LogP contribution < -0.4 is 9.88 Å². The molecular weight excluding hydrogens is 478 g/mol. The molecule has 0 unspecified atom stereocenters. The van der Waals surface area contributed by atoms with E-state index in [1.165, 1.54) is 0 Å². The van der Waals surface area contributed by atoms with Crippen molar-refractivity contribution < 1.29 is 35.5 Å². The lowest BCUT2D eigenvalue weighted by Gasteiger charge is -2.35. The molecule has 184 valence electrons. The van der Waals surface area contributed by atoms with Gasteiger partial charge in [-0.1, -0.05) is 6.07 Å². The van der Waals surface area contributed by atoms with Gasteiger partial charge in [0.15, 0.2) is 0 Å². The van der Waals surface area contributed by atoms with Crippen molar-refractivity contribution in [3.8, 4) is 11.5 Å². The largest absolute Gasteiger partial charge is 0.457 e. The first kappa shape index (κ1) is 24.4. The zero-order valence-corrected chi connectivity index (χ0v) is 18.8. The van der Waals surface area contributed by atoms with Gasteiger partial charge < -0.3 is 9.64 Å². The Morgan fingerprint density at radius 3 is 2.26 bits per heavy atom. The van der Waals surface area contributed by atoms with Gasteiger partial charge in [-0.05, 0) is 54.7 Å². The molecule has 2 aliphatic heterocycles. The second-order valence-corrected chi connectivity index (χ2v) is 9.95. The van der Waals surface area contributed by atoms with E-state index in [0.717, 1.165) is 21.5 Å². The fourth-order valence-electron chi connectivity index (χ4n) is 4.33. The minimum Gasteiger partial charge on any atom is -0.457 e. The van der Waals surface area contributed by atoms with Crippen molar-refractivity contribution in [2.75, 3.05) is 19.6 Å². The fraction of sp³-hybridized carbons (Fsp3) is 0.409. The number of nitrogens with zero attached hydrogens (tertiary/aromatic N) is 2. The predicted octanol–water partition coefficient (Wildman–Crippen LogP) is 3.44. The Morgan fingerprint density at radius 1 is 1.00 bits per heavy atom. The summed E-state index contributed by atoms with van der Waals surface area (Å²) in [7, 11) is -3.77. The monoisotopic (exact) mass is 501 g/mol. The van der Waals surface area contributed by atoms with Gasteiger partial charge in [0.2, 0.25) is 5.91 Å². The van der Waals surface area contributed by atoms with E-state index in [-0.39, 0.29) is 30.7 Å². The first-order valence-electron chi connectivity index (χ1n) is 10.6. The number of piperidine rings is 1. The van der Waals surface area contributed by atoms with Crippen LogP contribution in [0.1, 0.15) is 29.5 Å². The maximum atomic E-state index is 13.8. The van der Waals surface area contributed by atoms with Crippen LogP contribution in [0.3, 0.4) is 0 Å². The SMILES string of the molecule is NS(=O)(=O)N1CCC(C(=O)N2CCc3ccc(Oc4ccc(C(F)(F)F)c(F)c4)cc3C2)CC1. The molecule has 1 fully saturated rings. The highest BCUT2D eigenvalue weighted by Crippen LogP contribution is 2.35. The molecule has 0 spiro atoms. The van der Waals surface area contributed by atoms with E-state index >= 15 is 0 Å². The zero-order chi connectivity index (χ0) is 24.7. The van der Waals surface area contributed by atoms with Crippen molar-refractivity contribution >= 4 is 16.1 Å². The van der Waals surface area contributed by atoms with Gasteiger partial charge in [-0.15, -0.1) is 0 Å². The van der Waals surface area contributed by atoms with Crippen LogP contribution in [0.4, 0.5) is 17.6 Å². The molecule has 2 aromatic rings. The number of amides is 1. The standard InChI is InChI=1S/C22H23F4N3O4S/c23-20-12-18(3-4-19(20)22(24,25)26)33-17-2-1-14-5-8-28(13-16(14)11-17)21(30)15-6-9-29(10-7-15)34(27,31)32/h1-4,11-12,15H,5-10,13H2,(H2,27,31,32). The highest BCUT2D eigenvalue weighted by atomic mass is 32.2. The predicted molar refractivity (Wildman–Crippen MR) is 114 cm³/mol. The smallest absolute Gasteiger partial charge is 0.419 e. The average molecular weight is 502 g/mol. The molecule has 0 atom stereocenters. The van der Waals surface area contributed by atoms with E-state index in [0.29, 0.717) is 50.2 Å². The molecule has 2 heterocycles. The first-order chi connectivity index (χ1) is 15.9. The Kier molecular flexibility index (Phi) is 6.58. The lowest BCUT2D eigenvalue weighted by atomic mass is 9.93. The summed E-state index contributed by atoms with van der Waals surface area (Å²) in [6, 6.07) is 7.52. The summed E-state index contributed by atoms with van der Waals surface area (Å²) in [5.41, 5.74) is 0.472. The molecule has 0 aliphatic carbocycles. The van der Waals surface area contributed by atoms with Crippen LogP contribution in [-0.2, 0) is 34.1 Å². The number of ether oxygens (including phenoxy) is 1. The van der Waals surface area contributed by atoms with Gasteiger partial charge in [0.1, 0.15) is 17.3 Å². The van der Waals surface area contributed by atoms with E-state index in [1.807, 2.05) is 6.07 Å². The van der Waals surface area contributed by atoms with Gasteiger partial charge in [-0.25, -0.2) is 9.53 Å². The number of fused-ring (bicyclic) bond motifs is 1. The van der Waals surface area contributed by atoms with Crippen molar-refractivity contribution in [1.82, 2.24) is 9.21 Å². The van der Waals surface area contributed by atoms with E-state index in [9.17, 15) is 30.8 Å². The highest BCUT2D eigenvalue weighted by Gasteiger charge is 2.35. The summed E-state index contributed by atoms with van der Waals surface area (Å²) in [4.78, 5) is 14.7. The van der Waals surface area contributed by atoms with Crippen LogP contribution in [-0.4, -0.2) is 43.2 Å². The van der Waals surface area contributed by atoms with Gasteiger partial charge >= 0.3 is 6.18 Å². The molecule has 0 radical (unpaired) electrons. The summed E-state index contributed by atoms with van der Waals surface area (Å²) >= 11 is 0. The number of hydrogen-bond donors (Lipinski definition) is 1. The number of alkyl halides is 3. The fourth-order valence-corrected chi connectivity index (χ4v) is 5.05. The van der Waals surface area contributed by atoms with Crippen molar-refractivity contribution in [2.45, 2.75) is 32.0 Å². The molecule has 2 aromatic carbocycles. The summed E-state index contributed by atoms with van der Waals surface area (Å²) in [6.45, 7) is 1.23. The second kappa shape index (κ2) is 9.16. The molecule has 12 heteroatoms. The van der Waals surface area contributed by atoms with Crippen LogP contribution in [0, 0.1) is 11.7 Å². The number of carbonyl (C=O) groups excluding carboxylic acids is 1. The van der Waals surface area contributed by atoms with Crippen LogP contribution in [0.25, 0.3) is 0 Å². The molecule has 1 amide bonds. The van der Waals surface area contributed by atoms with E-state index in [1.54, 1.807) is 17.0 Å². The van der Waals surface area contributed by atoms with Crippen molar-refractivity contribution in [2.24, 2.45) is 11.1 Å². The average Bonchev–Trinajstić information content (AvgIpc) is 2.77. The Morgan fingerprint density at radius 2 is 1.65 bits per heavy atom. The van der Waals surface area contributed by atoms with E-state index in [2.05, 4.69) is 0 Å². The summed E-state index contributed by atoms with van der Waals surface area (Å²) in [6.07, 6.45) is -3.39. The molecule has 0 aromatic heterocycles. The second-order valence-electron chi connectivity index (χ2n) is 8.40. The lowest BCUT2D eigenvalue weighted by Crippen LogP contribution is -2.47. The molecule has 0 saturated carbocycles. The van der Waals surface area contributed by atoms with E-state index in [4.69, 9.17) is 9.88 Å². The third kappa shape index (κ3) is 5.34. The topological polar surface area (TPSA) is 92.9 Å². The summed E-state index contributed by atoms with van der Waals surface area (Å²) in [5.74, 6) is -1.54. The molecule has 34 heavy (non-hydrogen) atoms. The zero-order valence-electron chi connectivity index (χ0n) is 18.0. The highest BCUT2D eigenvalue weighted by molar-refractivity contribution is 7.86. The van der Waals surface area contributed by atoms with Crippen molar-refractivity contribution in [1.29, 1.82) is 0 Å². The van der Waals surface area contributed by atoms with Crippen LogP contribution in [0.5, 0.6) is 11.5 Å². The third-order valence-corrected chi connectivity index (χ3v) is 7.23. The van der Waals surface area contributed by atoms with Crippen LogP contribution in [0.15, 0.2) is 36.4 Å². The van der Waals surface area contributed by atoms with Crippen molar-refractivity contribution in [3.05, 3.63) is 58.9 Å². The Bertz CT molecular complexity index is 1200. The van der Waals surface area contributed by atoms with Gasteiger partial charge in [0, 0.05) is 38.2 Å². The molecule has 4 rings (SSSR count). The lowest BCUT2D eigenvalue weighted by molar-refractivity contribution is -0.140. The molecule has 0 bridgehead atoms. The van der Waals surface area contributed by atoms with E-state index < -0.39 is 27.8 Å². The Labute approximate surface area is 194 Å². The number of benzene rings is 2. The summed E-state index contributed by atoms with van der Waals surface area (Å²) < 4.78 is 81.8. The molecule has 2 N–H and O–H groups in total. The maximum absolute atomic E-state index is 13.8. The quantitative estimate of drug-likeness (QED) is 0.650. The number of halogens is 4. The van der Waals surface area contributed by atoms with Crippen LogP contribution >= 0.6 is 0 Å². The Balaban J connectivity index is 1.43. The van der Waals surface area contributed by atoms with Crippen molar-refractivity contribution in [3.63, 3.8) is 0 Å². The van der Waals surface area contributed by atoms with Gasteiger partial charge in [0.25, 0.3) is 10.2 Å². The Hall–Kier alpha value is -2.70. The van der Waals surface area contributed by atoms with Gasteiger partial charge in [-0.2, -0.15) is 25.9 Å². The minimum absolute atomic E-state index is 0.0594. The maximum Gasteiger partial charge on any atom is 0.419 e. The first-order valence-corrected chi connectivity index (χ1v) is 12.1. The minimum atomic E-state index is -4.79. The number of hydrogen-bond acceptors (Lipinski definition) is 4. The van der Waals surface area contributed by atoms with Crippen LogP contribution in [0.2, 0.25) is 0 Å². The third-order valence-electron chi connectivity index (χ3n) is 6.15. The van der Waals surface area contributed by atoms with Gasteiger partial charge in [0.05, 0.1) is 5.56 Å². The summed E-state index contributed by atoms with van der Waals surface area (Å²) in [5, 5.41) is 5.15. The number of nitrogens with two attached hydrogens (primary N) is 1.